The first kappa shape index (κ1) is 26.2. The lowest BCUT2D eigenvalue weighted by molar-refractivity contribution is -0.134. The van der Waals surface area contributed by atoms with Crippen molar-refractivity contribution in [3.8, 4) is 0 Å². The van der Waals surface area contributed by atoms with Gasteiger partial charge in [0.05, 0.1) is 4.90 Å². The van der Waals surface area contributed by atoms with Crippen LogP contribution in [-0.2, 0) is 26.0 Å². The zero-order chi connectivity index (χ0) is 24.9. The number of carbonyl (C=O) groups is 2. The fraction of sp³-hybridized carbons (Fsp3) is 0.440. The van der Waals surface area contributed by atoms with E-state index in [1.165, 1.54) is 19.1 Å². The van der Waals surface area contributed by atoms with Crippen LogP contribution in [0.15, 0.2) is 47.4 Å². The molecule has 2 aromatic rings. The van der Waals surface area contributed by atoms with Crippen molar-refractivity contribution in [2.45, 2.75) is 57.4 Å². The molecule has 0 bridgehead atoms. The van der Waals surface area contributed by atoms with E-state index in [4.69, 9.17) is 11.6 Å². The predicted molar refractivity (Wildman–Crippen MR) is 134 cm³/mol. The quantitative estimate of drug-likeness (QED) is 0.563. The number of amides is 2. The van der Waals surface area contributed by atoms with Crippen molar-refractivity contribution >= 4 is 39.1 Å². The second kappa shape index (κ2) is 11.3. The van der Waals surface area contributed by atoms with E-state index in [9.17, 15) is 18.0 Å². The number of halogens is 1. The normalized spacial score (nSPS) is 15.7. The third-order valence-corrected chi connectivity index (χ3v) is 8.14. The molecule has 2 aromatic carbocycles. The van der Waals surface area contributed by atoms with Crippen molar-refractivity contribution in [3.63, 3.8) is 0 Å². The molecule has 3 rings (SSSR count). The van der Waals surface area contributed by atoms with Gasteiger partial charge in [-0.1, -0.05) is 36.7 Å². The Morgan fingerprint density at radius 1 is 1.15 bits per heavy atom. The lowest BCUT2D eigenvalue weighted by Crippen LogP contribution is -2.50. The first-order chi connectivity index (χ1) is 16.1. The summed E-state index contributed by atoms with van der Waals surface area (Å²) >= 11 is 6.29. The molecule has 1 unspecified atom stereocenters. The highest BCUT2D eigenvalue weighted by Crippen LogP contribution is 2.23. The molecule has 7 nitrogen and oxygen atoms in total. The van der Waals surface area contributed by atoms with Crippen LogP contribution in [0, 0.1) is 12.8 Å². The van der Waals surface area contributed by atoms with Crippen molar-refractivity contribution in [1.29, 1.82) is 0 Å². The average molecular weight is 506 g/mol. The van der Waals surface area contributed by atoms with Crippen LogP contribution in [0.25, 0.3) is 0 Å². The summed E-state index contributed by atoms with van der Waals surface area (Å²) in [6.45, 7) is 6.45. The molecule has 9 heteroatoms. The minimum Gasteiger partial charge on any atom is -0.341 e. The van der Waals surface area contributed by atoms with Crippen molar-refractivity contribution < 1.29 is 18.0 Å². The molecule has 1 aliphatic rings. The van der Waals surface area contributed by atoms with Crippen molar-refractivity contribution in [2.24, 2.45) is 5.92 Å². The number of benzene rings is 2. The molecule has 0 aliphatic carbocycles. The summed E-state index contributed by atoms with van der Waals surface area (Å²) in [4.78, 5) is 26.5. The molecular formula is C25H32ClN3O4S. The van der Waals surface area contributed by atoms with Crippen molar-refractivity contribution in [1.82, 2.24) is 9.62 Å². The van der Waals surface area contributed by atoms with E-state index in [0.29, 0.717) is 41.7 Å². The summed E-state index contributed by atoms with van der Waals surface area (Å²) in [5, 5.41) is 3.24. The molecule has 0 spiro atoms. The molecule has 2 N–H and O–H groups in total. The molecule has 184 valence electrons. The molecule has 1 fully saturated rings. The average Bonchev–Trinajstić information content (AvgIpc) is 2.77. The van der Waals surface area contributed by atoms with Gasteiger partial charge < -0.3 is 10.2 Å². The molecule has 34 heavy (non-hydrogen) atoms. The van der Waals surface area contributed by atoms with Gasteiger partial charge in [0.2, 0.25) is 21.8 Å². The SMILES string of the molecule is CC(=O)Nc1ccc(S(=O)(=O)NC(CCc2ccccc2Cl)C(=O)N2CCC(C)CC2)c(C)c1. The van der Waals surface area contributed by atoms with Gasteiger partial charge in [-0.3, -0.25) is 9.59 Å². The van der Waals surface area contributed by atoms with Gasteiger partial charge in [-0.05, 0) is 73.9 Å². The number of rotatable bonds is 8. The van der Waals surface area contributed by atoms with Crippen LogP contribution in [0.4, 0.5) is 5.69 Å². The maximum atomic E-state index is 13.4. The summed E-state index contributed by atoms with van der Waals surface area (Å²) in [6, 6.07) is 11.0. The van der Waals surface area contributed by atoms with E-state index in [0.717, 1.165) is 18.4 Å². The molecule has 0 aromatic heterocycles. The number of likely N-dealkylation sites (tertiary alicyclic amines) is 1. The fourth-order valence-corrected chi connectivity index (χ4v) is 5.85. The Morgan fingerprint density at radius 2 is 1.82 bits per heavy atom. The first-order valence-electron chi connectivity index (χ1n) is 11.5. The minimum absolute atomic E-state index is 0.0735. The van der Waals surface area contributed by atoms with E-state index < -0.39 is 16.1 Å². The number of anilines is 1. The fourth-order valence-electron chi connectivity index (χ4n) is 4.17. The second-order valence-electron chi connectivity index (χ2n) is 8.97. The number of nitrogens with zero attached hydrogens (tertiary/aromatic N) is 1. The molecule has 2 amide bonds. The van der Waals surface area contributed by atoms with Crippen LogP contribution in [0.3, 0.4) is 0 Å². The minimum atomic E-state index is -3.99. The Bertz CT molecular complexity index is 1140. The van der Waals surface area contributed by atoms with E-state index >= 15 is 0 Å². The van der Waals surface area contributed by atoms with Crippen LogP contribution in [0.5, 0.6) is 0 Å². The Morgan fingerprint density at radius 3 is 2.44 bits per heavy atom. The van der Waals surface area contributed by atoms with Gasteiger partial charge in [0.15, 0.2) is 0 Å². The number of aryl methyl sites for hydroxylation is 2. The van der Waals surface area contributed by atoms with Gasteiger partial charge in [0, 0.05) is 30.7 Å². The summed E-state index contributed by atoms with van der Waals surface area (Å²) in [5.74, 6) is 0.0938. The molecule has 1 atom stereocenters. The Kier molecular flexibility index (Phi) is 8.73. The monoisotopic (exact) mass is 505 g/mol. The zero-order valence-corrected chi connectivity index (χ0v) is 21.4. The van der Waals surface area contributed by atoms with Gasteiger partial charge >= 0.3 is 0 Å². The standard InChI is InChI=1S/C25H32ClN3O4S/c1-17-12-14-29(15-13-17)25(31)23(10-8-20-6-4-5-7-22(20)26)28-34(32,33)24-11-9-21(16-18(24)2)27-19(3)30/h4-7,9,11,16-17,23,28H,8,10,12-15H2,1-3H3,(H,27,30). The zero-order valence-electron chi connectivity index (χ0n) is 19.8. The highest BCUT2D eigenvalue weighted by atomic mass is 35.5. The summed E-state index contributed by atoms with van der Waals surface area (Å²) in [7, 11) is -3.99. The van der Waals surface area contributed by atoms with Crippen LogP contribution in [0.1, 0.15) is 44.2 Å². The molecule has 1 aliphatic heterocycles. The Hall–Kier alpha value is -2.42. The predicted octanol–water partition coefficient (Wildman–Crippen LogP) is 4.15. The topological polar surface area (TPSA) is 95.6 Å². The lowest BCUT2D eigenvalue weighted by atomic mass is 9.98. The van der Waals surface area contributed by atoms with Crippen molar-refractivity contribution in [3.05, 3.63) is 58.6 Å². The largest absolute Gasteiger partial charge is 0.341 e. The molecular weight excluding hydrogens is 474 g/mol. The number of sulfonamides is 1. The van der Waals surface area contributed by atoms with E-state index in [2.05, 4.69) is 17.0 Å². The molecule has 0 radical (unpaired) electrons. The van der Waals surface area contributed by atoms with Gasteiger partial charge in [-0.25, -0.2) is 8.42 Å². The van der Waals surface area contributed by atoms with Crippen molar-refractivity contribution in [2.75, 3.05) is 18.4 Å². The van der Waals surface area contributed by atoms with Crippen LogP contribution >= 0.6 is 11.6 Å². The number of nitrogens with one attached hydrogen (secondary N) is 2. The van der Waals surface area contributed by atoms with Gasteiger partial charge in [0.1, 0.15) is 6.04 Å². The van der Waals surface area contributed by atoms with Gasteiger partial charge in [0.25, 0.3) is 0 Å². The number of hydrogen-bond donors (Lipinski definition) is 2. The number of hydrogen-bond acceptors (Lipinski definition) is 4. The van der Waals surface area contributed by atoms with E-state index in [1.807, 2.05) is 18.2 Å². The number of piperidine rings is 1. The Balaban J connectivity index is 1.83. The van der Waals surface area contributed by atoms with Gasteiger partial charge in [-0.2, -0.15) is 4.72 Å². The number of carbonyl (C=O) groups excluding carboxylic acids is 2. The van der Waals surface area contributed by atoms with Crippen LogP contribution < -0.4 is 10.0 Å². The molecule has 1 heterocycles. The summed E-state index contributed by atoms with van der Waals surface area (Å²) in [5.41, 5.74) is 1.85. The maximum Gasteiger partial charge on any atom is 0.241 e. The van der Waals surface area contributed by atoms with E-state index in [1.54, 1.807) is 24.0 Å². The third-order valence-electron chi connectivity index (χ3n) is 6.14. The summed E-state index contributed by atoms with van der Waals surface area (Å²) < 4.78 is 29.3. The first-order valence-corrected chi connectivity index (χ1v) is 13.4. The molecule has 1 saturated heterocycles. The maximum absolute atomic E-state index is 13.4. The smallest absolute Gasteiger partial charge is 0.241 e. The van der Waals surface area contributed by atoms with E-state index in [-0.39, 0.29) is 23.1 Å². The third kappa shape index (κ3) is 6.81. The summed E-state index contributed by atoms with van der Waals surface area (Å²) in [6.07, 6.45) is 2.55. The van der Waals surface area contributed by atoms with Crippen LogP contribution in [0.2, 0.25) is 5.02 Å². The second-order valence-corrected chi connectivity index (χ2v) is 11.1. The van der Waals surface area contributed by atoms with Crippen LogP contribution in [-0.4, -0.2) is 44.3 Å². The highest BCUT2D eigenvalue weighted by molar-refractivity contribution is 7.89. The Labute approximate surface area is 206 Å². The lowest BCUT2D eigenvalue weighted by Gasteiger charge is -2.33. The van der Waals surface area contributed by atoms with Gasteiger partial charge in [-0.15, -0.1) is 0 Å². The molecule has 0 saturated carbocycles. The highest BCUT2D eigenvalue weighted by Gasteiger charge is 2.31.